The van der Waals surface area contributed by atoms with E-state index in [0.29, 0.717) is 16.9 Å². The molecule has 1 fully saturated rings. The quantitative estimate of drug-likeness (QED) is 0.843. The van der Waals surface area contributed by atoms with E-state index in [1.807, 2.05) is 49.5 Å². The standard InChI is InChI=1S/C19H29N5O2/c1-12-15(14-13(2)20-23(7)17(14)22(5)6)21-26-16(12)18(25)24-10-8-19(3,4)9-11-24/h8-11H2,1-7H3. The summed E-state index contributed by atoms with van der Waals surface area (Å²) in [7, 11) is 5.84. The number of piperidine rings is 1. The molecule has 1 amide bonds. The van der Waals surface area contributed by atoms with E-state index in [9.17, 15) is 4.79 Å². The Morgan fingerprint density at radius 2 is 1.81 bits per heavy atom. The fourth-order valence-corrected chi connectivity index (χ4v) is 3.66. The van der Waals surface area contributed by atoms with Gasteiger partial charge in [0.1, 0.15) is 11.5 Å². The summed E-state index contributed by atoms with van der Waals surface area (Å²) >= 11 is 0. The lowest BCUT2D eigenvalue weighted by Gasteiger charge is -2.36. The van der Waals surface area contributed by atoms with Gasteiger partial charge in [-0.05, 0) is 32.1 Å². The van der Waals surface area contributed by atoms with Gasteiger partial charge in [0.25, 0.3) is 5.91 Å². The highest BCUT2D eigenvalue weighted by molar-refractivity contribution is 5.95. The van der Waals surface area contributed by atoms with E-state index in [2.05, 4.69) is 24.1 Å². The largest absolute Gasteiger partial charge is 0.362 e. The van der Waals surface area contributed by atoms with Crippen molar-refractivity contribution in [1.82, 2.24) is 19.8 Å². The molecule has 2 aromatic rings. The number of rotatable bonds is 3. The van der Waals surface area contributed by atoms with E-state index in [0.717, 1.165) is 48.6 Å². The van der Waals surface area contributed by atoms with Crippen LogP contribution in [0.2, 0.25) is 0 Å². The molecule has 3 rings (SSSR count). The molecule has 0 aromatic carbocycles. The van der Waals surface area contributed by atoms with Crippen LogP contribution in [0.25, 0.3) is 11.3 Å². The molecule has 1 aliphatic heterocycles. The minimum absolute atomic E-state index is 0.0651. The monoisotopic (exact) mass is 359 g/mol. The second-order valence-corrected chi connectivity index (χ2v) is 8.24. The summed E-state index contributed by atoms with van der Waals surface area (Å²) in [6.07, 6.45) is 2.01. The minimum atomic E-state index is -0.0651. The fourth-order valence-electron chi connectivity index (χ4n) is 3.66. The minimum Gasteiger partial charge on any atom is -0.362 e. The number of carbonyl (C=O) groups excluding carboxylic acids is 1. The van der Waals surface area contributed by atoms with Crippen molar-refractivity contribution in [2.45, 2.75) is 40.5 Å². The average molecular weight is 359 g/mol. The van der Waals surface area contributed by atoms with E-state index in [1.54, 1.807) is 0 Å². The Labute approximate surface area is 154 Å². The first-order valence-electron chi connectivity index (χ1n) is 9.09. The third-order valence-corrected chi connectivity index (χ3v) is 5.37. The number of aryl methyl sites for hydroxylation is 2. The maximum atomic E-state index is 12.9. The van der Waals surface area contributed by atoms with E-state index in [1.165, 1.54) is 0 Å². The predicted octanol–water partition coefficient (Wildman–Crippen LogP) is 3.02. The van der Waals surface area contributed by atoms with Gasteiger partial charge >= 0.3 is 0 Å². The maximum absolute atomic E-state index is 12.9. The SMILES string of the molecule is Cc1nn(C)c(N(C)C)c1-c1noc(C(=O)N2CCC(C)(C)CC2)c1C. The van der Waals surface area contributed by atoms with Crippen LogP contribution in [0, 0.1) is 19.3 Å². The molecule has 0 radical (unpaired) electrons. The lowest BCUT2D eigenvalue weighted by atomic mass is 9.82. The molecule has 0 saturated carbocycles. The Hall–Kier alpha value is -2.31. The number of amides is 1. The molecule has 26 heavy (non-hydrogen) atoms. The number of anilines is 1. The number of nitrogens with zero attached hydrogens (tertiary/aromatic N) is 5. The van der Waals surface area contributed by atoms with Crippen LogP contribution in [0.3, 0.4) is 0 Å². The van der Waals surface area contributed by atoms with Crippen LogP contribution < -0.4 is 4.90 Å². The van der Waals surface area contributed by atoms with Crippen molar-refractivity contribution in [1.29, 1.82) is 0 Å². The van der Waals surface area contributed by atoms with Gasteiger partial charge in [0.15, 0.2) is 0 Å². The molecular formula is C19H29N5O2. The summed E-state index contributed by atoms with van der Waals surface area (Å²) < 4.78 is 7.35. The van der Waals surface area contributed by atoms with E-state index < -0.39 is 0 Å². The molecule has 0 spiro atoms. The highest BCUT2D eigenvalue weighted by Crippen LogP contribution is 2.36. The molecule has 0 atom stereocenters. The van der Waals surface area contributed by atoms with Crippen molar-refractivity contribution in [3.05, 3.63) is 17.0 Å². The summed E-state index contributed by atoms with van der Waals surface area (Å²) in [5, 5.41) is 8.75. The van der Waals surface area contributed by atoms with Gasteiger partial charge in [0, 0.05) is 39.8 Å². The molecule has 0 aliphatic carbocycles. The highest BCUT2D eigenvalue weighted by Gasteiger charge is 2.32. The van der Waals surface area contributed by atoms with Crippen LogP contribution in [-0.4, -0.2) is 52.9 Å². The Kier molecular flexibility index (Phi) is 4.58. The smallest absolute Gasteiger partial charge is 0.292 e. The van der Waals surface area contributed by atoms with Crippen LogP contribution >= 0.6 is 0 Å². The lowest BCUT2D eigenvalue weighted by Crippen LogP contribution is -2.41. The predicted molar refractivity (Wildman–Crippen MR) is 101 cm³/mol. The van der Waals surface area contributed by atoms with Crippen molar-refractivity contribution in [3.8, 4) is 11.3 Å². The molecular weight excluding hydrogens is 330 g/mol. The van der Waals surface area contributed by atoms with Gasteiger partial charge in [-0.3, -0.25) is 9.48 Å². The maximum Gasteiger partial charge on any atom is 0.292 e. The van der Waals surface area contributed by atoms with Gasteiger partial charge in [-0.15, -0.1) is 0 Å². The Balaban J connectivity index is 1.94. The molecule has 7 heteroatoms. The first kappa shape index (κ1) is 18.5. The van der Waals surface area contributed by atoms with Gasteiger partial charge in [0.05, 0.1) is 11.3 Å². The third kappa shape index (κ3) is 3.10. The molecule has 2 aromatic heterocycles. The van der Waals surface area contributed by atoms with Gasteiger partial charge in [-0.1, -0.05) is 19.0 Å². The highest BCUT2D eigenvalue weighted by atomic mass is 16.5. The van der Waals surface area contributed by atoms with E-state index in [-0.39, 0.29) is 5.91 Å². The van der Waals surface area contributed by atoms with Crippen LogP contribution in [-0.2, 0) is 7.05 Å². The summed E-state index contributed by atoms with van der Waals surface area (Å²) in [4.78, 5) is 16.8. The average Bonchev–Trinajstić information content (AvgIpc) is 3.05. The lowest BCUT2D eigenvalue weighted by molar-refractivity contribution is 0.0589. The normalized spacial score (nSPS) is 16.8. The number of hydrogen-bond acceptors (Lipinski definition) is 5. The zero-order valence-corrected chi connectivity index (χ0v) is 16.9. The molecule has 7 nitrogen and oxygen atoms in total. The molecule has 1 saturated heterocycles. The topological polar surface area (TPSA) is 67.4 Å². The van der Waals surface area contributed by atoms with Crippen molar-refractivity contribution >= 4 is 11.7 Å². The van der Waals surface area contributed by atoms with Gasteiger partial charge < -0.3 is 14.3 Å². The number of carbonyl (C=O) groups is 1. The van der Waals surface area contributed by atoms with Crippen LogP contribution in [0.5, 0.6) is 0 Å². The zero-order valence-electron chi connectivity index (χ0n) is 16.9. The second kappa shape index (κ2) is 6.45. The molecule has 3 heterocycles. The van der Waals surface area contributed by atoms with Crippen molar-refractivity contribution in [2.24, 2.45) is 12.5 Å². The van der Waals surface area contributed by atoms with E-state index in [4.69, 9.17) is 4.52 Å². The van der Waals surface area contributed by atoms with Gasteiger partial charge in [-0.2, -0.15) is 5.10 Å². The van der Waals surface area contributed by atoms with Crippen LogP contribution in [0.15, 0.2) is 4.52 Å². The molecule has 0 unspecified atom stereocenters. The molecule has 1 aliphatic rings. The first-order chi connectivity index (χ1) is 12.1. The fraction of sp³-hybridized carbons (Fsp3) is 0.632. The number of likely N-dealkylation sites (tertiary alicyclic amines) is 1. The molecule has 142 valence electrons. The Morgan fingerprint density at radius 1 is 1.19 bits per heavy atom. The second-order valence-electron chi connectivity index (χ2n) is 8.24. The van der Waals surface area contributed by atoms with Crippen LogP contribution in [0.4, 0.5) is 5.82 Å². The van der Waals surface area contributed by atoms with Crippen molar-refractivity contribution in [2.75, 3.05) is 32.1 Å². The molecule has 0 N–H and O–H groups in total. The Bertz CT molecular complexity index is 821. The van der Waals surface area contributed by atoms with Crippen LogP contribution in [0.1, 0.15) is 48.5 Å². The third-order valence-electron chi connectivity index (χ3n) is 5.37. The van der Waals surface area contributed by atoms with Crippen molar-refractivity contribution < 1.29 is 9.32 Å². The van der Waals surface area contributed by atoms with Crippen molar-refractivity contribution in [3.63, 3.8) is 0 Å². The summed E-state index contributed by atoms with van der Waals surface area (Å²) in [5.74, 6) is 1.22. The molecule has 0 bridgehead atoms. The Morgan fingerprint density at radius 3 is 2.38 bits per heavy atom. The number of aromatic nitrogens is 3. The van der Waals surface area contributed by atoms with Gasteiger partial charge in [-0.25, -0.2) is 0 Å². The van der Waals surface area contributed by atoms with E-state index >= 15 is 0 Å². The number of hydrogen-bond donors (Lipinski definition) is 0. The summed E-state index contributed by atoms with van der Waals surface area (Å²) in [6.45, 7) is 9.87. The van der Waals surface area contributed by atoms with Gasteiger partial charge in [0.2, 0.25) is 5.76 Å². The summed E-state index contributed by atoms with van der Waals surface area (Å²) in [5.41, 5.74) is 3.55. The zero-order chi connectivity index (χ0) is 19.2. The summed E-state index contributed by atoms with van der Waals surface area (Å²) in [6, 6.07) is 0. The first-order valence-corrected chi connectivity index (χ1v) is 9.09.